The average Bonchev–Trinajstić information content (AvgIpc) is 3.13. The average molecular weight is 801 g/mol. The zero-order valence-corrected chi connectivity index (χ0v) is 37.2. The Bertz CT molecular complexity index is 1690. The molecule has 0 N–H and O–H groups in total. The molecule has 0 atom stereocenters. The summed E-state index contributed by atoms with van der Waals surface area (Å²) in [5, 5.41) is 1.17. The number of fused-ring (bicyclic) bond motifs is 1. The van der Waals surface area contributed by atoms with Crippen LogP contribution >= 0.6 is 21.6 Å². The number of rotatable bonds is 4. The van der Waals surface area contributed by atoms with Crippen LogP contribution in [0.4, 0.5) is 0 Å². The van der Waals surface area contributed by atoms with Gasteiger partial charge in [-0.15, -0.1) is 0 Å². The Morgan fingerprint density at radius 2 is 1.00 bits per heavy atom. The van der Waals surface area contributed by atoms with Crippen molar-refractivity contribution in [3.63, 3.8) is 0 Å². The molecule has 6 nitrogen and oxygen atoms in total. The zero-order valence-electron chi connectivity index (χ0n) is 35.6. The molecule has 8 heteroatoms. The third kappa shape index (κ3) is 15.0. The van der Waals surface area contributed by atoms with Crippen molar-refractivity contribution < 1.29 is 19.1 Å². The van der Waals surface area contributed by atoms with E-state index in [2.05, 4.69) is 102 Å². The predicted molar refractivity (Wildman–Crippen MR) is 242 cm³/mol. The van der Waals surface area contributed by atoms with E-state index in [0.717, 1.165) is 74.5 Å². The van der Waals surface area contributed by atoms with Crippen molar-refractivity contribution in [3.8, 4) is 0 Å². The summed E-state index contributed by atoms with van der Waals surface area (Å²) in [6.45, 7) is 18.3. The maximum atomic E-state index is 13.3. The molecular weight excluding hydrogens is 733 g/mol. The number of ether oxygens (including phenoxy) is 2. The molecule has 1 aliphatic heterocycles. The molecule has 0 unspecified atom stereocenters. The lowest BCUT2D eigenvalue weighted by atomic mass is 9.72. The van der Waals surface area contributed by atoms with Crippen molar-refractivity contribution in [2.24, 2.45) is 10.8 Å². The van der Waals surface area contributed by atoms with Gasteiger partial charge in [0, 0.05) is 49.8 Å². The summed E-state index contributed by atoms with van der Waals surface area (Å²) >= 11 is 0. The van der Waals surface area contributed by atoms with Crippen LogP contribution in [0, 0.1) is 10.8 Å². The van der Waals surface area contributed by atoms with Crippen LogP contribution in [0.3, 0.4) is 0 Å². The van der Waals surface area contributed by atoms with Crippen molar-refractivity contribution in [2.75, 3.05) is 65.0 Å². The lowest BCUT2D eigenvalue weighted by Gasteiger charge is -2.33. The van der Waals surface area contributed by atoms with E-state index in [0.29, 0.717) is 23.7 Å². The van der Waals surface area contributed by atoms with Gasteiger partial charge in [0.15, 0.2) is 0 Å². The van der Waals surface area contributed by atoms with Crippen LogP contribution < -0.4 is 10.4 Å². The highest BCUT2D eigenvalue weighted by Crippen LogP contribution is 2.42. The third-order valence-corrected chi connectivity index (χ3v) is 13.7. The van der Waals surface area contributed by atoms with Gasteiger partial charge in [0.25, 0.3) is 0 Å². The highest BCUT2D eigenvalue weighted by Gasteiger charge is 2.27. The monoisotopic (exact) mass is 800 g/mol. The van der Waals surface area contributed by atoms with Crippen molar-refractivity contribution in [1.29, 1.82) is 0 Å². The number of esters is 2. The van der Waals surface area contributed by atoms with Gasteiger partial charge in [-0.25, -0.2) is 9.59 Å². The Morgan fingerprint density at radius 3 is 1.39 bits per heavy atom. The maximum absolute atomic E-state index is 13.3. The molecule has 0 saturated carbocycles. The van der Waals surface area contributed by atoms with Crippen LogP contribution in [-0.4, -0.2) is 86.7 Å². The van der Waals surface area contributed by atoms with Gasteiger partial charge in [0.2, 0.25) is 0 Å². The molecule has 0 bridgehead atoms. The van der Waals surface area contributed by atoms with E-state index in [1.807, 2.05) is 45.9 Å². The van der Waals surface area contributed by atoms with Gasteiger partial charge in [-0.2, -0.15) is 0 Å². The fourth-order valence-electron chi connectivity index (χ4n) is 7.91. The van der Waals surface area contributed by atoms with Crippen LogP contribution in [0.2, 0.25) is 0 Å². The number of hydrogen-bond acceptors (Lipinski definition) is 8. The Balaban J connectivity index is 1.81. The molecule has 0 saturated heterocycles. The van der Waals surface area contributed by atoms with E-state index in [4.69, 9.17) is 9.47 Å². The van der Waals surface area contributed by atoms with Crippen LogP contribution in [0.25, 0.3) is 24.3 Å². The molecule has 306 valence electrons. The standard InChI is InChI=1S/C48H68N2O4S2/c1-37-15-11-25-47(3,4)43(37)23-21-39-17-9-19-41-35-45(51)53-31-13-27-49(7)29-33-55-56-34-30-50(8)28-14-32-54-46(52)36-42(41)20-10-18-40(39)22-24-44-38(2)16-12-26-48(44,5)6/h9-10,17-24,35-36H,11-16,25-34H2,1-8H3/b19-9?,20-10?,23-21+,24-22+,39-17?,40-18?,41-35-,42-36+. The van der Waals surface area contributed by atoms with Crippen LogP contribution in [0.15, 0.2) is 70.8 Å². The highest BCUT2D eigenvalue weighted by atomic mass is 33.1. The minimum Gasteiger partial charge on any atom is -0.462 e. The van der Waals surface area contributed by atoms with Crippen molar-refractivity contribution >= 4 is 57.8 Å². The van der Waals surface area contributed by atoms with Gasteiger partial charge in [-0.05, 0) is 123 Å². The van der Waals surface area contributed by atoms with Crippen molar-refractivity contribution in [2.45, 2.75) is 92.9 Å². The van der Waals surface area contributed by atoms with E-state index in [1.54, 1.807) is 0 Å². The molecule has 0 spiro atoms. The van der Waals surface area contributed by atoms with E-state index in [1.165, 1.54) is 60.1 Å². The first-order chi connectivity index (χ1) is 26.7. The molecule has 1 aromatic rings. The summed E-state index contributed by atoms with van der Waals surface area (Å²) in [6.07, 6.45) is 20.6. The summed E-state index contributed by atoms with van der Waals surface area (Å²) in [4.78, 5) is 31.1. The van der Waals surface area contributed by atoms with Gasteiger partial charge in [-0.1, -0.05) is 121 Å². The Hall–Kier alpha value is -3.04. The second-order valence-corrected chi connectivity index (χ2v) is 19.7. The molecule has 0 amide bonds. The van der Waals surface area contributed by atoms with Gasteiger partial charge < -0.3 is 19.3 Å². The van der Waals surface area contributed by atoms with Gasteiger partial charge >= 0.3 is 11.9 Å². The van der Waals surface area contributed by atoms with Crippen molar-refractivity contribution in [1.82, 2.24) is 9.80 Å². The van der Waals surface area contributed by atoms with Crippen LogP contribution in [-0.2, 0) is 19.1 Å². The summed E-state index contributed by atoms with van der Waals surface area (Å²) in [5.41, 5.74) is 8.07. The number of hydrogen-bond donors (Lipinski definition) is 0. The number of carbonyl (C=O) groups excluding carboxylic acids is 2. The van der Waals surface area contributed by atoms with E-state index in [-0.39, 0.29) is 10.8 Å². The molecule has 0 aromatic heterocycles. The SMILES string of the molecule is CC1=C(/C=C/c2cccc3/c(cccc2/C=C/C2=C(C)CCCC2(C)C)=C/C(=O)OCCCN(C)CCSSCCN(C)CCCOC(=O)\C=3)C(C)(C)CCC1. The quantitative estimate of drug-likeness (QED) is 0.221. The second-order valence-electron chi connectivity index (χ2n) is 17.0. The Kier molecular flexibility index (Phi) is 18.6. The minimum absolute atomic E-state index is 0.112. The zero-order chi connectivity index (χ0) is 40.6. The lowest BCUT2D eigenvalue weighted by Crippen LogP contribution is -2.27. The smallest absolute Gasteiger partial charge is 0.331 e. The topological polar surface area (TPSA) is 59.1 Å². The summed E-state index contributed by atoms with van der Waals surface area (Å²) in [6, 6.07) is 12.0. The van der Waals surface area contributed by atoms with Crippen molar-refractivity contribution in [3.05, 3.63) is 92.4 Å². The Labute approximate surface area is 346 Å². The fourth-order valence-corrected chi connectivity index (χ4v) is 10.1. The minimum atomic E-state index is -0.432. The molecule has 0 radical (unpaired) electrons. The number of carbonyl (C=O) groups is 2. The van der Waals surface area contributed by atoms with Gasteiger partial charge in [-0.3, -0.25) is 0 Å². The molecule has 0 fully saturated rings. The molecule has 2 aliphatic carbocycles. The van der Waals surface area contributed by atoms with E-state index in [9.17, 15) is 9.59 Å². The maximum Gasteiger partial charge on any atom is 0.331 e. The van der Waals surface area contributed by atoms with Gasteiger partial charge in [0.05, 0.1) is 13.2 Å². The molecule has 1 aromatic carbocycles. The number of cyclic esters (lactones) is 2. The normalized spacial score (nSPS) is 23.1. The number of allylic oxidation sites excluding steroid dienone is 6. The molecule has 3 aliphatic rings. The van der Waals surface area contributed by atoms with E-state index >= 15 is 0 Å². The first-order valence-corrected chi connectivity index (χ1v) is 23.2. The molecule has 1 heterocycles. The summed E-state index contributed by atoms with van der Waals surface area (Å²) in [5.74, 6) is 1.23. The summed E-state index contributed by atoms with van der Waals surface area (Å²) < 4.78 is 11.4. The Morgan fingerprint density at radius 1 is 0.589 bits per heavy atom. The van der Waals surface area contributed by atoms with E-state index < -0.39 is 11.9 Å². The van der Waals surface area contributed by atoms with Crippen LogP contribution in [0.1, 0.15) is 104 Å². The molecular formula is C48H68N2O4S2. The summed E-state index contributed by atoms with van der Waals surface area (Å²) in [7, 11) is 8.02. The van der Waals surface area contributed by atoms with Crippen LogP contribution in [0.5, 0.6) is 0 Å². The number of nitrogens with zero attached hydrogens (tertiary/aromatic N) is 2. The highest BCUT2D eigenvalue weighted by molar-refractivity contribution is 8.76. The lowest BCUT2D eigenvalue weighted by molar-refractivity contribution is -0.137. The second kappa shape index (κ2) is 22.8. The van der Waals surface area contributed by atoms with Gasteiger partial charge in [0.1, 0.15) is 0 Å². The fraction of sp³-hybridized carbons (Fsp3) is 0.542. The third-order valence-electron chi connectivity index (χ3n) is 11.3. The first-order valence-electron chi connectivity index (χ1n) is 20.7. The first kappa shape index (κ1) is 45.7. The predicted octanol–water partition coefficient (Wildman–Crippen LogP) is 9.58. The largest absolute Gasteiger partial charge is 0.462 e. The molecule has 4 rings (SSSR count). The molecule has 56 heavy (non-hydrogen) atoms.